The van der Waals surface area contributed by atoms with Crippen LogP contribution in [-0.2, 0) is 6.54 Å². The molecule has 1 amide bonds. The number of rotatable bonds is 4. The Balaban J connectivity index is 1.71. The summed E-state index contributed by atoms with van der Waals surface area (Å²) in [5.41, 5.74) is 6.77. The molecule has 0 spiro atoms. The second-order valence-electron chi connectivity index (χ2n) is 7.05. The summed E-state index contributed by atoms with van der Waals surface area (Å²) >= 11 is 0. The Hall–Kier alpha value is -3.46. The van der Waals surface area contributed by atoms with Crippen molar-refractivity contribution in [2.24, 2.45) is 0 Å². The van der Waals surface area contributed by atoms with Crippen LogP contribution in [0.4, 0.5) is 0 Å². The first kappa shape index (κ1) is 17.9. The zero-order valence-corrected chi connectivity index (χ0v) is 16.1. The molecule has 138 valence electrons. The number of aryl methyl sites for hydroxylation is 2. The summed E-state index contributed by atoms with van der Waals surface area (Å²) in [6.45, 7) is 4.48. The van der Waals surface area contributed by atoms with Crippen LogP contribution in [0.3, 0.4) is 0 Å². The summed E-state index contributed by atoms with van der Waals surface area (Å²) in [5.74, 6) is -0.0821. The average molecular weight is 366 g/mol. The van der Waals surface area contributed by atoms with E-state index in [1.807, 2.05) is 55.5 Å². The molecule has 0 aliphatic heterocycles. The number of para-hydroxylation sites is 1. The molecule has 1 N–H and O–H groups in total. The molecule has 4 aromatic rings. The molecule has 1 heterocycles. The maximum Gasteiger partial charge on any atom is 0.252 e. The number of amides is 1. The van der Waals surface area contributed by atoms with Crippen molar-refractivity contribution in [1.82, 2.24) is 10.3 Å². The molecule has 3 aromatic carbocycles. The van der Waals surface area contributed by atoms with Gasteiger partial charge in [0.25, 0.3) is 5.91 Å². The van der Waals surface area contributed by atoms with Crippen LogP contribution in [0.25, 0.3) is 22.0 Å². The molecule has 0 saturated carbocycles. The van der Waals surface area contributed by atoms with Crippen LogP contribution in [0.1, 0.15) is 27.2 Å². The largest absolute Gasteiger partial charge is 0.348 e. The van der Waals surface area contributed by atoms with E-state index in [0.717, 1.165) is 33.3 Å². The molecular formula is C25H22N2O. The Kier molecular flexibility index (Phi) is 4.90. The van der Waals surface area contributed by atoms with Gasteiger partial charge in [-0.1, -0.05) is 78.4 Å². The fraction of sp³-hybridized carbons (Fsp3) is 0.120. The van der Waals surface area contributed by atoms with Crippen molar-refractivity contribution < 1.29 is 4.79 Å². The van der Waals surface area contributed by atoms with E-state index in [2.05, 4.69) is 42.6 Å². The van der Waals surface area contributed by atoms with Gasteiger partial charge in [0.2, 0.25) is 0 Å². The average Bonchev–Trinajstić information content (AvgIpc) is 2.72. The standard InChI is InChI=1S/C25H22N2O/c1-17-11-13-19(14-12-17)16-26-25(28)23-15-18(2)27-24-21(9-6-10-22(23)24)20-7-4-3-5-8-20/h3-15H,16H2,1-2H3,(H,26,28). The predicted octanol–water partition coefficient (Wildman–Crippen LogP) is 5.45. The van der Waals surface area contributed by atoms with Crippen molar-refractivity contribution >= 4 is 16.8 Å². The predicted molar refractivity (Wildman–Crippen MR) is 114 cm³/mol. The molecule has 3 nitrogen and oxygen atoms in total. The van der Waals surface area contributed by atoms with Crippen LogP contribution in [-0.4, -0.2) is 10.9 Å². The smallest absolute Gasteiger partial charge is 0.252 e. The summed E-state index contributed by atoms with van der Waals surface area (Å²) in [4.78, 5) is 17.7. The lowest BCUT2D eigenvalue weighted by Crippen LogP contribution is -2.23. The quantitative estimate of drug-likeness (QED) is 0.522. The molecule has 0 aliphatic carbocycles. The molecule has 4 rings (SSSR count). The number of benzene rings is 3. The van der Waals surface area contributed by atoms with Gasteiger partial charge in [0.1, 0.15) is 0 Å². The molecule has 0 fully saturated rings. The number of nitrogens with zero attached hydrogens (tertiary/aromatic N) is 1. The monoisotopic (exact) mass is 366 g/mol. The van der Waals surface area contributed by atoms with Crippen LogP contribution < -0.4 is 5.32 Å². The van der Waals surface area contributed by atoms with Crippen molar-refractivity contribution in [1.29, 1.82) is 0 Å². The van der Waals surface area contributed by atoms with Crippen LogP contribution in [0.5, 0.6) is 0 Å². The highest BCUT2D eigenvalue weighted by molar-refractivity contribution is 6.09. The second-order valence-corrected chi connectivity index (χ2v) is 7.05. The zero-order valence-electron chi connectivity index (χ0n) is 16.1. The maximum atomic E-state index is 13.0. The fourth-order valence-electron chi connectivity index (χ4n) is 3.40. The van der Waals surface area contributed by atoms with Gasteiger partial charge in [-0.25, -0.2) is 0 Å². The second kappa shape index (κ2) is 7.65. The van der Waals surface area contributed by atoms with Gasteiger partial charge < -0.3 is 5.32 Å². The Morgan fingerprint density at radius 3 is 2.39 bits per heavy atom. The first-order valence-corrected chi connectivity index (χ1v) is 9.41. The molecule has 3 heteroatoms. The molecule has 0 bridgehead atoms. The van der Waals surface area contributed by atoms with Gasteiger partial charge in [-0.05, 0) is 31.0 Å². The van der Waals surface area contributed by atoms with E-state index in [4.69, 9.17) is 4.98 Å². The van der Waals surface area contributed by atoms with E-state index >= 15 is 0 Å². The summed E-state index contributed by atoms with van der Waals surface area (Å²) < 4.78 is 0. The van der Waals surface area contributed by atoms with Crippen molar-refractivity contribution in [2.45, 2.75) is 20.4 Å². The third-order valence-electron chi connectivity index (χ3n) is 4.87. The van der Waals surface area contributed by atoms with Crippen molar-refractivity contribution in [2.75, 3.05) is 0 Å². The lowest BCUT2D eigenvalue weighted by Gasteiger charge is -2.12. The van der Waals surface area contributed by atoms with Crippen LogP contribution in [0.15, 0.2) is 78.9 Å². The van der Waals surface area contributed by atoms with Crippen molar-refractivity contribution in [3.63, 3.8) is 0 Å². The van der Waals surface area contributed by atoms with Gasteiger partial charge >= 0.3 is 0 Å². The molecule has 0 unspecified atom stereocenters. The number of fused-ring (bicyclic) bond motifs is 1. The topological polar surface area (TPSA) is 42.0 Å². The molecular weight excluding hydrogens is 344 g/mol. The van der Waals surface area contributed by atoms with Gasteiger partial charge in [-0.2, -0.15) is 0 Å². The maximum absolute atomic E-state index is 13.0. The first-order valence-electron chi connectivity index (χ1n) is 9.41. The highest BCUT2D eigenvalue weighted by Gasteiger charge is 2.14. The number of nitrogens with one attached hydrogen (secondary N) is 1. The van der Waals surface area contributed by atoms with E-state index in [-0.39, 0.29) is 5.91 Å². The van der Waals surface area contributed by atoms with E-state index in [9.17, 15) is 4.79 Å². The first-order chi connectivity index (χ1) is 13.6. The minimum Gasteiger partial charge on any atom is -0.348 e. The minimum absolute atomic E-state index is 0.0821. The lowest BCUT2D eigenvalue weighted by molar-refractivity contribution is 0.0952. The Bertz CT molecular complexity index is 1130. The van der Waals surface area contributed by atoms with E-state index in [1.54, 1.807) is 0 Å². The Morgan fingerprint density at radius 1 is 0.893 bits per heavy atom. The SMILES string of the molecule is Cc1ccc(CNC(=O)c2cc(C)nc3c(-c4ccccc4)cccc23)cc1. The Labute approximate surface area is 165 Å². The van der Waals surface area contributed by atoms with Gasteiger partial charge in [0, 0.05) is 23.2 Å². The summed E-state index contributed by atoms with van der Waals surface area (Å²) in [6.07, 6.45) is 0. The number of carbonyl (C=O) groups excluding carboxylic acids is 1. The van der Waals surface area contributed by atoms with Crippen LogP contribution in [0.2, 0.25) is 0 Å². The number of pyridine rings is 1. The molecule has 1 aromatic heterocycles. The fourth-order valence-corrected chi connectivity index (χ4v) is 3.40. The highest BCUT2D eigenvalue weighted by Crippen LogP contribution is 2.29. The normalized spacial score (nSPS) is 10.8. The van der Waals surface area contributed by atoms with Crippen molar-refractivity contribution in [3.05, 3.63) is 101 Å². The van der Waals surface area contributed by atoms with Crippen LogP contribution in [0, 0.1) is 13.8 Å². The summed E-state index contributed by atoms with van der Waals surface area (Å²) in [5, 5.41) is 3.92. The number of aromatic nitrogens is 1. The third-order valence-corrected chi connectivity index (χ3v) is 4.87. The summed E-state index contributed by atoms with van der Waals surface area (Å²) in [6, 6.07) is 26.2. The zero-order chi connectivity index (χ0) is 19.5. The molecule has 0 aliphatic rings. The number of hydrogen-bond acceptors (Lipinski definition) is 2. The minimum atomic E-state index is -0.0821. The van der Waals surface area contributed by atoms with E-state index < -0.39 is 0 Å². The van der Waals surface area contributed by atoms with E-state index in [0.29, 0.717) is 12.1 Å². The number of hydrogen-bond donors (Lipinski definition) is 1. The van der Waals surface area contributed by atoms with E-state index in [1.165, 1.54) is 5.56 Å². The number of carbonyl (C=O) groups is 1. The van der Waals surface area contributed by atoms with Gasteiger partial charge in [-0.3, -0.25) is 9.78 Å². The molecule has 28 heavy (non-hydrogen) atoms. The highest BCUT2D eigenvalue weighted by atomic mass is 16.1. The Morgan fingerprint density at radius 2 is 1.64 bits per heavy atom. The van der Waals surface area contributed by atoms with Crippen molar-refractivity contribution in [3.8, 4) is 11.1 Å². The van der Waals surface area contributed by atoms with Gasteiger partial charge in [0.15, 0.2) is 0 Å². The molecule has 0 radical (unpaired) electrons. The third kappa shape index (κ3) is 3.65. The van der Waals surface area contributed by atoms with Crippen LogP contribution >= 0.6 is 0 Å². The van der Waals surface area contributed by atoms with Gasteiger partial charge in [0.05, 0.1) is 11.1 Å². The molecule has 0 saturated heterocycles. The lowest BCUT2D eigenvalue weighted by atomic mass is 9.98. The summed E-state index contributed by atoms with van der Waals surface area (Å²) in [7, 11) is 0. The van der Waals surface area contributed by atoms with Gasteiger partial charge in [-0.15, -0.1) is 0 Å². The molecule has 0 atom stereocenters.